The summed E-state index contributed by atoms with van der Waals surface area (Å²) in [5.41, 5.74) is 2.47. The maximum absolute atomic E-state index is 13.3. The number of piperazine rings is 1. The van der Waals surface area contributed by atoms with Gasteiger partial charge in [-0.1, -0.05) is 6.92 Å². The second-order valence-corrected chi connectivity index (χ2v) is 9.56. The van der Waals surface area contributed by atoms with Gasteiger partial charge in [0.1, 0.15) is 6.61 Å². The zero-order valence-corrected chi connectivity index (χ0v) is 19.8. The largest absolute Gasteiger partial charge is 0.458 e. The Morgan fingerprint density at radius 1 is 1.17 bits per heavy atom. The van der Waals surface area contributed by atoms with Gasteiger partial charge < -0.3 is 24.2 Å². The summed E-state index contributed by atoms with van der Waals surface area (Å²) < 4.78 is 6.79. The zero-order chi connectivity index (χ0) is 24.3. The van der Waals surface area contributed by atoms with Crippen molar-refractivity contribution in [2.45, 2.75) is 32.1 Å². The minimum atomic E-state index is -1.82. The third-order valence-electron chi connectivity index (χ3n) is 7.40. The molecule has 0 saturated carbocycles. The molecular weight excluding hydrogens is 446 g/mol. The highest BCUT2D eigenvalue weighted by atomic mass is 16.6. The normalized spacial score (nSPS) is 21.8. The zero-order valence-electron chi connectivity index (χ0n) is 19.8. The fraction of sp³-hybridized carbons (Fsp3) is 0.385. The lowest BCUT2D eigenvalue weighted by molar-refractivity contribution is -0.172. The third kappa shape index (κ3) is 3.45. The minimum absolute atomic E-state index is 0.122. The van der Waals surface area contributed by atoms with Crippen LogP contribution in [0.2, 0.25) is 0 Å². The van der Waals surface area contributed by atoms with E-state index in [-0.39, 0.29) is 18.6 Å². The van der Waals surface area contributed by atoms with E-state index >= 15 is 0 Å². The Kier molecular flexibility index (Phi) is 5.01. The number of ether oxygens (including phenoxy) is 1. The molecule has 9 nitrogen and oxygen atoms in total. The van der Waals surface area contributed by atoms with Crippen LogP contribution in [0.3, 0.4) is 0 Å². The van der Waals surface area contributed by atoms with Crippen molar-refractivity contribution < 1.29 is 14.6 Å². The molecule has 1 fully saturated rings. The summed E-state index contributed by atoms with van der Waals surface area (Å²) in [7, 11) is 2.13. The van der Waals surface area contributed by atoms with Gasteiger partial charge in [0.05, 0.1) is 41.0 Å². The average molecular weight is 474 g/mol. The van der Waals surface area contributed by atoms with Gasteiger partial charge in [0, 0.05) is 42.7 Å². The molecule has 3 aliphatic rings. The van der Waals surface area contributed by atoms with Crippen LogP contribution in [0.15, 0.2) is 40.1 Å². The minimum Gasteiger partial charge on any atom is -0.458 e. The Balaban J connectivity index is 1.38. The first-order chi connectivity index (χ1) is 16.9. The fourth-order valence-corrected chi connectivity index (χ4v) is 5.14. The van der Waals surface area contributed by atoms with Gasteiger partial charge in [0.2, 0.25) is 0 Å². The summed E-state index contributed by atoms with van der Waals surface area (Å²) in [4.78, 5) is 39.7. The number of hydrogen-bond acceptors (Lipinski definition) is 7. The van der Waals surface area contributed by atoms with E-state index in [1.807, 2.05) is 30.6 Å². The van der Waals surface area contributed by atoms with Gasteiger partial charge in [-0.25, -0.2) is 14.8 Å². The van der Waals surface area contributed by atoms with Crippen LogP contribution >= 0.6 is 0 Å². The number of aliphatic hydroxyl groups is 1. The molecule has 1 saturated heterocycles. The van der Waals surface area contributed by atoms with Gasteiger partial charge in [-0.2, -0.15) is 0 Å². The molecule has 1 aromatic carbocycles. The summed E-state index contributed by atoms with van der Waals surface area (Å²) in [6.07, 6.45) is 2.03. The van der Waals surface area contributed by atoms with Gasteiger partial charge in [-0.15, -0.1) is 0 Å². The fourth-order valence-electron chi connectivity index (χ4n) is 5.14. The molecule has 5 heterocycles. The van der Waals surface area contributed by atoms with Crippen molar-refractivity contribution in [3.63, 3.8) is 0 Å². The molecule has 0 aliphatic carbocycles. The van der Waals surface area contributed by atoms with Gasteiger partial charge in [-0.3, -0.25) is 4.79 Å². The number of likely N-dealkylation sites (N-methyl/N-ethyl adjacent to an activating group) is 1. The Hall–Kier alpha value is -3.56. The number of aliphatic imine (C=N–C) groups is 1. The van der Waals surface area contributed by atoms with E-state index in [4.69, 9.17) is 9.72 Å². The maximum Gasteiger partial charge on any atom is 0.343 e. The Morgan fingerprint density at radius 2 is 1.97 bits per heavy atom. The molecule has 1 atom stereocenters. The Labute approximate surface area is 202 Å². The number of pyridine rings is 2. The molecule has 3 aliphatic heterocycles. The van der Waals surface area contributed by atoms with Crippen LogP contribution in [0.25, 0.3) is 22.3 Å². The van der Waals surface area contributed by atoms with E-state index < -0.39 is 11.6 Å². The molecule has 0 spiro atoms. The molecule has 0 unspecified atom stereocenters. The van der Waals surface area contributed by atoms with E-state index in [9.17, 15) is 14.7 Å². The van der Waals surface area contributed by atoms with Crippen LogP contribution in [0.5, 0.6) is 0 Å². The van der Waals surface area contributed by atoms with E-state index in [2.05, 4.69) is 21.8 Å². The molecule has 6 rings (SSSR count). The lowest BCUT2D eigenvalue weighted by Crippen LogP contribution is -2.44. The number of esters is 1. The van der Waals surface area contributed by atoms with E-state index in [0.717, 1.165) is 48.3 Å². The van der Waals surface area contributed by atoms with E-state index in [1.165, 1.54) is 0 Å². The molecular formula is C26H27N5O4. The summed E-state index contributed by atoms with van der Waals surface area (Å²) in [6.45, 7) is 5.93. The molecule has 1 N–H and O–H groups in total. The van der Waals surface area contributed by atoms with Crippen molar-refractivity contribution in [1.82, 2.24) is 19.4 Å². The number of nitrogens with zero attached hydrogens (tertiary/aromatic N) is 5. The Morgan fingerprint density at radius 3 is 2.74 bits per heavy atom. The summed E-state index contributed by atoms with van der Waals surface area (Å²) in [5.74, 6) is -0.716. The van der Waals surface area contributed by atoms with Crippen molar-refractivity contribution in [3.8, 4) is 11.4 Å². The van der Waals surface area contributed by atoms with Gasteiger partial charge in [0.15, 0.2) is 5.60 Å². The smallest absolute Gasteiger partial charge is 0.343 e. The number of cyclic esters (lactones) is 1. The molecule has 35 heavy (non-hydrogen) atoms. The summed E-state index contributed by atoms with van der Waals surface area (Å²) in [6, 6.07) is 9.67. The molecule has 9 heteroatoms. The monoisotopic (exact) mass is 473 g/mol. The number of carbonyl (C=O) groups excluding carboxylic acids is 1. The standard InChI is InChI=1S/C26H27N5O4/c1-3-26(34)20-12-22-23-17(13-31(22)24(32)19(20)14-35-25(26)33)10-16-11-18(4-5-21(16)28-23)27-15-30-8-6-29(2)7-9-30/h4-5,10-12,15,34H,3,6-9,13-14H2,1-2H3/t26-/m0/s1. The second kappa shape index (κ2) is 8.00. The quantitative estimate of drug-likeness (QED) is 0.276. The van der Waals surface area contributed by atoms with E-state index in [1.54, 1.807) is 17.6 Å². The maximum atomic E-state index is 13.3. The predicted molar refractivity (Wildman–Crippen MR) is 132 cm³/mol. The predicted octanol–water partition coefficient (Wildman–Crippen LogP) is 1.99. The van der Waals surface area contributed by atoms with Crippen LogP contribution < -0.4 is 5.56 Å². The van der Waals surface area contributed by atoms with E-state index in [0.29, 0.717) is 29.1 Å². The molecule has 0 amide bonds. The van der Waals surface area contributed by atoms with Crippen molar-refractivity contribution in [1.29, 1.82) is 0 Å². The highest BCUT2D eigenvalue weighted by Gasteiger charge is 2.45. The van der Waals surface area contributed by atoms with Gasteiger partial charge in [0.25, 0.3) is 5.56 Å². The van der Waals surface area contributed by atoms with Crippen LogP contribution in [0.4, 0.5) is 5.69 Å². The highest BCUT2D eigenvalue weighted by molar-refractivity contribution is 5.88. The summed E-state index contributed by atoms with van der Waals surface area (Å²) in [5, 5.41) is 12.0. The second-order valence-electron chi connectivity index (χ2n) is 9.56. The van der Waals surface area contributed by atoms with Crippen molar-refractivity contribution >= 4 is 28.9 Å². The number of rotatable bonds is 3. The van der Waals surface area contributed by atoms with Crippen LogP contribution in [0.1, 0.15) is 30.0 Å². The molecule has 0 bridgehead atoms. The van der Waals surface area contributed by atoms with Crippen LogP contribution in [-0.4, -0.2) is 70.0 Å². The molecule has 180 valence electrons. The lowest BCUT2D eigenvalue weighted by atomic mass is 9.86. The topological polar surface area (TPSA) is 100 Å². The lowest BCUT2D eigenvalue weighted by Gasteiger charge is -2.31. The van der Waals surface area contributed by atoms with Crippen molar-refractivity contribution in [2.75, 3.05) is 33.2 Å². The van der Waals surface area contributed by atoms with Crippen molar-refractivity contribution in [3.05, 3.63) is 57.4 Å². The SMILES string of the molecule is CC[C@@]1(O)C(=O)OCc2c1cc1n(c2=O)Cc2cc3cc(N=CN4CCN(C)CC4)ccc3nc2-1. The number of aromatic nitrogens is 2. The third-order valence-corrected chi connectivity index (χ3v) is 7.40. The molecule has 3 aromatic rings. The number of fused-ring (bicyclic) bond motifs is 5. The van der Waals surface area contributed by atoms with Crippen molar-refractivity contribution in [2.24, 2.45) is 4.99 Å². The number of hydrogen-bond donors (Lipinski definition) is 1. The Bertz CT molecular complexity index is 1450. The summed E-state index contributed by atoms with van der Waals surface area (Å²) >= 11 is 0. The van der Waals surface area contributed by atoms with Gasteiger partial charge in [-0.05, 0) is 43.8 Å². The van der Waals surface area contributed by atoms with Gasteiger partial charge >= 0.3 is 5.97 Å². The number of benzene rings is 1. The molecule has 0 radical (unpaired) electrons. The van der Waals surface area contributed by atoms with Crippen LogP contribution in [0, 0.1) is 0 Å². The molecule has 2 aromatic heterocycles. The number of carbonyl (C=O) groups is 1. The van der Waals surface area contributed by atoms with Crippen LogP contribution in [-0.2, 0) is 28.3 Å². The highest BCUT2D eigenvalue weighted by Crippen LogP contribution is 2.38. The first-order valence-corrected chi connectivity index (χ1v) is 11.9. The average Bonchev–Trinajstić information content (AvgIpc) is 3.22. The first-order valence-electron chi connectivity index (χ1n) is 11.9. The first kappa shape index (κ1) is 21.9.